The molecule has 0 fully saturated rings. The van der Waals surface area contributed by atoms with Crippen LogP contribution in [0, 0.1) is 6.92 Å². The zero-order valence-corrected chi connectivity index (χ0v) is 8.95. The van der Waals surface area contributed by atoms with Crippen molar-refractivity contribution in [3.05, 3.63) is 29.3 Å². The molecule has 0 aromatic heterocycles. The van der Waals surface area contributed by atoms with E-state index in [1.165, 1.54) is 0 Å². The fourth-order valence-electron chi connectivity index (χ4n) is 1.38. The highest BCUT2D eigenvalue weighted by atomic mass is 16.3. The molecule has 0 radical (unpaired) electrons. The number of amides is 1. The van der Waals surface area contributed by atoms with E-state index in [1.54, 1.807) is 6.07 Å². The van der Waals surface area contributed by atoms with Gasteiger partial charge in [-0.3, -0.25) is 4.79 Å². The maximum Gasteiger partial charge on any atom is 0.231 e. The fraction of sp³-hybridized carbons (Fsp3) is 0.364. The minimum atomic E-state index is -0.408. The van der Waals surface area contributed by atoms with Gasteiger partial charge in [0.05, 0.1) is 6.54 Å². The van der Waals surface area contributed by atoms with Crippen molar-refractivity contribution in [2.24, 2.45) is 5.73 Å². The number of hydrogen-bond donors (Lipinski definition) is 3. The van der Waals surface area contributed by atoms with E-state index in [-0.39, 0.29) is 18.3 Å². The van der Waals surface area contributed by atoms with Crippen LogP contribution in [0.5, 0.6) is 5.75 Å². The Morgan fingerprint density at radius 1 is 1.60 bits per heavy atom. The van der Waals surface area contributed by atoms with Crippen molar-refractivity contribution in [1.82, 2.24) is 5.32 Å². The van der Waals surface area contributed by atoms with Crippen LogP contribution >= 0.6 is 0 Å². The number of nitrogens with two attached hydrogens (primary N) is 1. The Labute approximate surface area is 89.1 Å². The number of aromatic hydroxyl groups is 1. The van der Waals surface area contributed by atoms with Gasteiger partial charge < -0.3 is 16.2 Å². The smallest absolute Gasteiger partial charge is 0.231 e. The summed E-state index contributed by atoms with van der Waals surface area (Å²) in [6.45, 7) is 3.93. The van der Waals surface area contributed by atoms with E-state index >= 15 is 0 Å². The summed E-state index contributed by atoms with van der Waals surface area (Å²) in [5.74, 6) is -0.181. The number of rotatable bonds is 4. The Hall–Kier alpha value is -1.55. The van der Waals surface area contributed by atoms with Crippen molar-refractivity contribution in [2.45, 2.75) is 19.9 Å². The molecule has 0 saturated heterocycles. The Morgan fingerprint density at radius 2 is 2.27 bits per heavy atom. The maximum absolute atomic E-state index is 10.6. The van der Waals surface area contributed by atoms with E-state index in [2.05, 4.69) is 5.32 Å². The molecule has 1 rings (SSSR count). The number of phenols is 1. The molecule has 4 N–H and O–H groups in total. The first-order valence-corrected chi connectivity index (χ1v) is 4.82. The zero-order valence-electron chi connectivity index (χ0n) is 8.95. The van der Waals surface area contributed by atoms with Crippen molar-refractivity contribution >= 4 is 5.91 Å². The van der Waals surface area contributed by atoms with E-state index < -0.39 is 5.91 Å². The summed E-state index contributed by atoms with van der Waals surface area (Å²) in [7, 11) is 0. The molecule has 1 amide bonds. The maximum atomic E-state index is 10.6. The molecule has 0 aliphatic carbocycles. The lowest BCUT2D eigenvalue weighted by molar-refractivity contribution is -0.117. The van der Waals surface area contributed by atoms with Gasteiger partial charge in [0, 0.05) is 11.6 Å². The zero-order chi connectivity index (χ0) is 11.4. The largest absolute Gasteiger partial charge is 0.508 e. The summed E-state index contributed by atoms with van der Waals surface area (Å²) in [5.41, 5.74) is 6.86. The van der Waals surface area contributed by atoms with Gasteiger partial charge in [0.25, 0.3) is 0 Å². The highest BCUT2D eigenvalue weighted by Gasteiger charge is 2.10. The van der Waals surface area contributed by atoms with Crippen LogP contribution in [0.2, 0.25) is 0 Å². The Bertz CT molecular complexity index is 364. The van der Waals surface area contributed by atoms with Gasteiger partial charge in [-0.05, 0) is 19.9 Å². The summed E-state index contributed by atoms with van der Waals surface area (Å²) >= 11 is 0. The topological polar surface area (TPSA) is 75.3 Å². The molecular formula is C11H16N2O2. The summed E-state index contributed by atoms with van der Waals surface area (Å²) in [5, 5.41) is 12.5. The molecule has 0 spiro atoms. The van der Waals surface area contributed by atoms with E-state index in [4.69, 9.17) is 5.73 Å². The molecule has 0 saturated carbocycles. The second-order valence-corrected chi connectivity index (χ2v) is 3.63. The monoisotopic (exact) mass is 208 g/mol. The highest BCUT2D eigenvalue weighted by Crippen LogP contribution is 2.24. The van der Waals surface area contributed by atoms with Gasteiger partial charge in [-0.25, -0.2) is 0 Å². The van der Waals surface area contributed by atoms with Crippen LogP contribution in [0.1, 0.15) is 24.1 Å². The minimum Gasteiger partial charge on any atom is -0.508 e. The van der Waals surface area contributed by atoms with Crippen LogP contribution < -0.4 is 11.1 Å². The van der Waals surface area contributed by atoms with Crippen LogP contribution in [0.15, 0.2) is 18.2 Å². The first-order chi connectivity index (χ1) is 7.00. The number of hydrogen-bond acceptors (Lipinski definition) is 3. The van der Waals surface area contributed by atoms with Crippen molar-refractivity contribution in [2.75, 3.05) is 6.54 Å². The first-order valence-electron chi connectivity index (χ1n) is 4.82. The predicted octanol–water partition coefficient (Wildman–Crippen LogP) is 0.837. The molecule has 1 unspecified atom stereocenters. The van der Waals surface area contributed by atoms with Gasteiger partial charge in [0.15, 0.2) is 0 Å². The minimum absolute atomic E-state index is 0.0996. The highest BCUT2D eigenvalue weighted by molar-refractivity contribution is 5.75. The van der Waals surface area contributed by atoms with Gasteiger partial charge in [0.2, 0.25) is 5.91 Å². The predicted molar refractivity (Wildman–Crippen MR) is 58.5 cm³/mol. The number of primary amides is 1. The molecule has 15 heavy (non-hydrogen) atoms. The van der Waals surface area contributed by atoms with Gasteiger partial charge >= 0.3 is 0 Å². The average molecular weight is 208 g/mol. The number of benzene rings is 1. The second-order valence-electron chi connectivity index (χ2n) is 3.63. The first kappa shape index (κ1) is 11.5. The summed E-state index contributed by atoms with van der Waals surface area (Å²) < 4.78 is 0. The molecule has 0 bridgehead atoms. The van der Waals surface area contributed by atoms with Crippen molar-refractivity contribution < 1.29 is 9.90 Å². The number of carbonyl (C=O) groups excluding carboxylic acids is 1. The molecule has 1 atom stereocenters. The Balaban J connectivity index is 2.76. The van der Waals surface area contributed by atoms with Gasteiger partial charge in [0.1, 0.15) is 5.75 Å². The lowest BCUT2D eigenvalue weighted by atomic mass is 10.0. The number of aryl methyl sites for hydroxylation is 1. The number of carbonyl (C=O) groups is 1. The van der Waals surface area contributed by atoms with E-state index in [0.29, 0.717) is 0 Å². The lowest BCUT2D eigenvalue weighted by Gasteiger charge is -2.15. The van der Waals surface area contributed by atoms with Crippen molar-refractivity contribution in [1.29, 1.82) is 0 Å². The van der Waals surface area contributed by atoms with Gasteiger partial charge in [-0.15, -0.1) is 0 Å². The van der Waals surface area contributed by atoms with Crippen LogP contribution in [0.25, 0.3) is 0 Å². The molecule has 0 heterocycles. The average Bonchev–Trinajstić information content (AvgIpc) is 2.18. The Morgan fingerprint density at radius 3 is 2.87 bits per heavy atom. The van der Waals surface area contributed by atoms with E-state index in [1.807, 2.05) is 26.0 Å². The quantitative estimate of drug-likeness (QED) is 0.686. The molecule has 1 aromatic carbocycles. The fourth-order valence-corrected chi connectivity index (χ4v) is 1.38. The van der Waals surface area contributed by atoms with Crippen LogP contribution in [0.3, 0.4) is 0 Å². The van der Waals surface area contributed by atoms with Gasteiger partial charge in [-0.1, -0.05) is 17.7 Å². The number of nitrogens with one attached hydrogen (secondary N) is 1. The molecular weight excluding hydrogens is 192 g/mol. The van der Waals surface area contributed by atoms with Crippen molar-refractivity contribution in [3.63, 3.8) is 0 Å². The normalized spacial score (nSPS) is 12.4. The van der Waals surface area contributed by atoms with Crippen LogP contribution in [-0.4, -0.2) is 17.6 Å². The van der Waals surface area contributed by atoms with Crippen molar-refractivity contribution in [3.8, 4) is 5.75 Å². The molecule has 4 nitrogen and oxygen atoms in total. The Kier molecular flexibility index (Phi) is 3.68. The molecule has 82 valence electrons. The molecule has 0 aliphatic heterocycles. The SMILES string of the molecule is Cc1ccc(O)c(C(C)NCC(N)=O)c1. The number of phenolic OH excluding ortho intramolecular Hbond substituents is 1. The van der Waals surface area contributed by atoms with E-state index in [9.17, 15) is 9.90 Å². The third-order valence-corrected chi connectivity index (χ3v) is 2.23. The van der Waals surface area contributed by atoms with E-state index in [0.717, 1.165) is 11.1 Å². The molecule has 1 aromatic rings. The van der Waals surface area contributed by atoms with Crippen LogP contribution in [0.4, 0.5) is 0 Å². The van der Waals surface area contributed by atoms with Crippen LogP contribution in [-0.2, 0) is 4.79 Å². The standard InChI is InChI=1S/C11H16N2O2/c1-7-3-4-10(14)9(5-7)8(2)13-6-11(12)15/h3-5,8,13-14H,6H2,1-2H3,(H2,12,15). The summed E-state index contributed by atoms with van der Waals surface area (Å²) in [6, 6.07) is 5.26. The molecule has 0 aliphatic rings. The third-order valence-electron chi connectivity index (χ3n) is 2.23. The summed E-state index contributed by atoms with van der Waals surface area (Å²) in [6.07, 6.45) is 0. The lowest BCUT2D eigenvalue weighted by Crippen LogP contribution is -2.30. The van der Waals surface area contributed by atoms with Gasteiger partial charge in [-0.2, -0.15) is 0 Å². The molecule has 4 heteroatoms. The summed E-state index contributed by atoms with van der Waals surface area (Å²) in [4.78, 5) is 10.6. The second kappa shape index (κ2) is 4.79. The third kappa shape index (κ3) is 3.25.